The maximum Gasteiger partial charge on any atom is 0.408 e. The van der Waals surface area contributed by atoms with Gasteiger partial charge in [-0.3, -0.25) is 0 Å². The second-order valence-corrected chi connectivity index (χ2v) is 6.82. The van der Waals surface area contributed by atoms with Gasteiger partial charge in [-0.1, -0.05) is 0 Å². The Bertz CT molecular complexity index is 538. The Balaban J connectivity index is 2.56. The second-order valence-electron chi connectivity index (χ2n) is 5.92. The van der Waals surface area contributed by atoms with E-state index in [-0.39, 0.29) is 6.04 Å². The monoisotopic (exact) mass is 387 g/mol. The Labute approximate surface area is 144 Å². The molecule has 23 heavy (non-hydrogen) atoms. The van der Waals surface area contributed by atoms with Crippen molar-refractivity contribution in [3.05, 3.63) is 29.8 Å². The van der Waals surface area contributed by atoms with Crippen molar-refractivity contribution >= 4 is 28.0 Å². The van der Waals surface area contributed by atoms with E-state index in [9.17, 15) is 9.59 Å². The lowest BCUT2D eigenvalue weighted by Gasteiger charge is -2.24. The smallest absolute Gasteiger partial charge is 0.408 e. The summed E-state index contributed by atoms with van der Waals surface area (Å²) in [5.74, 6) is 0.143. The molecular formula is C16H22BrNO5. The van der Waals surface area contributed by atoms with E-state index in [1.807, 2.05) is 0 Å². The summed E-state index contributed by atoms with van der Waals surface area (Å²) in [6.45, 7) is 7.17. The minimum Gasteiger partial charge on any atom is -0.477 e. The van der Waals surface area contributed by atoms with Gasteiger partial charge in [0, 0.05) is 0 Å². The second kappa shape index (κ2) is 8.19. The van der Waals surface area contributed by atoms with E-state index in [2.05, 4.69) is 26.0 Å². The summed E-state index contributed by atoms with van der Waals surface area (Å²) in [4.78, 5) is 23.1. The van der Waals surface area contributed by atoms with Crippen molar-refractivity contribution in [1.82, 2.24) is 5.32 Å². The van der Waals surface area contributed by atoms with E-state index in [0.29, 0.717) is 11.3 Å². The van der Waals surface area contributed by atoms with Gasteiger partial charge in [0.25, 0.3) is 0 Å². The quantitative estimate of drug-likeness (QED) is 0.618. The highest BCUT2D eigenvalue weighted by Gasteiger charge is 2.22. The summed E-state index contributed by atoms with van der Waals surface area (Å²) < 4.78 is 15.5. The van der Waals surface area contributed by atoms with Crippen molar-refractivity contribution in [3.63, 3.8) is 0 Å². The van der Waals surface area contributed by atoms with E-state index in [1.54, 1.807) is 52.0 Å². The van der Waals surface area contributed by atoms with E-state index in [4.69, 9.17) is 9.47 Å². The molecule has 0 fully saturated rings. The Morgan fingerprint density at radius 2 is 1.74 bits per heavy atom. The number of hydrogen-bond donors (Lipinski definition) is 1. The number of hydrogen-bond acceptors (Lipinski definition) is 5. The largest absolute Gasteiger partial charge is 0.477 e. The van der Waals surface area contributed by atoms with Crippen LogP contribution in [-0.4, -0.2) is 35.8 Å². The van der Waals surface area contributed by atoms with Gasteiger partial charge in [-0.05, 0) is 67.9 Å². The van der Waals surface area contributed by atoms with Crippen LogP contribution >= 0.6 is 15.9 Å². The number of carbonyl (C=O) groups excluding carboxylic acids is 2. The van der Waals surface area contributed by atoms with Crippen LogP contribution in [0, 0.1) is 0 Å². The maximum absolute atomic E-state index is 11.7. The third kappa shape index (κ3) is 6.90. The molecule has 0 aromatic heterocycles. The molecule has 7 heteroatoms. The molecule has 2 unspecified atom stereocenters. The molecule has 0 aliphatic rings. The van der Waals surface area contributed by atoms with E-state index in [0.717, 1.165) is 0 Å². The molecule has 0 aliphatic heterocycles. The third-order valence-corrected chi connectivity index (χ3v) is 3.64. The lowest BCUT2D eigenvalue weighted by molar-refractivity contribution is 0.0486. The molecule has 0 aliphatic carbocycles. The maximum atomic E-state index is 11.7. The highest BCUT2D eigenvalue weighted by molar-refractivity contribution is 9.09. The van der Waals surface area contributed by atoms with Crippen LogP contribution in [0.2, 0.25) is 0 Å². The molecule has 0 saturated carbocycles. The Kier molecular flexibility index (Phi) is 6.87. The van der Waals surface area contributed by atoms with Crippen molar-refractivity contribution in [2.45, 2.75) is 44.4 Å². The van der Waals surface area contributed by atoms with E-state index < -0.39 is 22.7 Å². The first-order valence-electron chi connectivity index (χ1n) is 7.11. The van der Waals surface area contributed by atoms with Crippen molar-refractivity contribution in [2.24, 2.45) is 0 Å². The van der Waals surface area contributed by atoms with E-state index in [1.165, 1.54) is 7.11 Å². The molecule has 0 spiro atoms. The number of ether oxygens (including phenoxy) is 3. The van der Waals surface area contributed by atoms with E-state index >= 15 is 0 Å². The minimum atomic E-state index is -0.559. The van der Waals surface area contributed by atoms with Crippen LogP contribution in [0.5, 0.6) is 5.75 Å². The average molecular weight is 388 g/mol. The highest BCUT2D eigenvalue weighted by atomic mass is 79.9. The van der Waals surface area contributed by atoms with Crippen LogP contribution in [0.1, 0.15) is 38.1 Å². The molecule has 6 nitrogen and oxygen atoms in total. The number of alkyl halides is 1. The van der Waals surface area contributed by atoms with Gasteiger partial charge >= 0.3 is 12.1 Å². The number of carbonyl (C=O) groups is 2. The molecule has 0 bridgehead atoms. The van der Waals surface area contributed by atoms with Crippen LogP contribution in [0.3, 0.4) is 0 Å². The Hall–Kier alpha value is -1.76. The summed E-state index contributed by atoms with van der Waals surface area (Å²) in [7, 11) is 1.32. The zero-order valence-electron chi connectivity index (χ0n) is 13.9. The van der Waals surface area contributed by atoms with Gasteiger partial charge in [-0.25, -0.2) is 9.59 Å². The molecule has 128 valence electrons. The lowest BCUT2D eigenvalue weighted by Crippen LogP contribution is -2.43. The molecular weight excluding hydrogens is 366 g/mol. The summed E-state index contributed by atoms with van der Waals surface area (Å²) in [6, 6.07) is 6.19. The molecule has 2 atom stereocenters. The van der Waals surface area contributed by atoms with Gasteiger partial charge in [0.15, 0.2) is 5.01 Å². The first-order valence-corrected chi connectivity index (χ1v) is 8.02. The van der Waals surface area contributed by atoms with Crippen LogP contribution in [0.4, 0.5) is 4.79 Å². The number of benzene rings is 1. The number of rotatable bonds is 5. The first-order chi connectivity index (χ1) is 10.6. The predicted octanol–water partition coefficient (Wildman–Crippen LogP) is 3.49. The Morgan fingerprint density at radius 1 is 1.17 bits per heavy atom. The average Bonchev–Trinajstić information content (AvgIpc) is 2.45. The minimum absolute atomic E-state index is 0.329. The van der Waals surface area contributed by atoms with Crippen molar-refractivity contribution in [2.75, 3.05) is 7.11 Å². The van der Waals surface area contributed by atoms with Gasteiger partial charge in [-0.2, -0.15) is 0 Å². The summed E-state index contributed by atoms with van der Waals surface area (Å²) >= 11 is 3.37. The number of esters is 1. The number of methoxy groups -OCH3 is 1. The zero-order chi connectivity index (χ0) is 17.6. The third-order valence-electron chi connectivity index (χ3n) is 2.66. The Morgan fingerprint density at radius 3 is 2.22 bits per heavy atom. The highest BCUT2D eigenvalue weighted by Crippen LogP contribution is 2.18. The number of amides is 1. The van der Waals surface area contributed by atoms with Crippen molar-refractivity contribution in [1.29, 1.82) is 0 Å². The predicted molar refractivity (Wildman–Crippen MR) is 90.0 cm³/mol. The van der Waals surface area contributed by atoms with Crippen LogP contribution in [0.25, 0.3) is 0 Å². The number of alkyl carbamates (subject to hydrolysis) is 1. The van der Waals surface area contributed by atoms with Crippen molar-refractivity contribution < 1.29 is 23.8 Å². The molecule has 1 rings (SSSR count). The van der Waals surface area contributed by atoms with Gasteiger partial charge in [0.05, 0.1) is 18.7 Å². The molecule has 1 aromatic rings. The molecule has 0 heterocycles. The SMILES string of the molecule is COC(=O)c1ccc(OC(Br)C(C)NC(=O)OC(C)(C)C)cc1. The van der Waals surface area contributed by atoms with Crippen LogP contribution in [0.15, 0.2) is 24.3 Å². The fourth-order valence-corrected chi connectivity index (χ4v) is 1.93. The van der Waals surface area contributed by atoms with Crippen LogP contribution < -0.4 is 10.1 Å². The number of nitrogens with one attached hydrogen (secondary N) is 1. The molecule has 1 N–H and O–H groups in total. The lowest BCUT2D eigenvalue weighted by atomic mass is 10.2. The summed E-state index contributed by atoms with van der Waals surface area (Å²) in [5.41, 5.74) is -0.123. The topological polar surface area (TPSA) is 73.9 Å². The molecule has 0 saturated heterocycles. The van der Waals surface area contributed by atoms with Gasteiger partial charge in [0.1, 0.15) is 11.4 Å². The van der Waals surface area contributed by atoms with Crippen molar-refractivity contribution in [3.8, 4) is 5.75 Å². The standard InChI is InChI=1S/C16H22BrNO5/c1-10(18-15(20)23-16(2,3)4)13(17)22-12-8-6-11(7-9-12)14(19)21-5/h6-10,13H,1-5H3,(H,18,20). The molecule has 1 aromatic carbocycles. The fourth-order valence-electron chi connectivity index (χ4n) is 1.58. The van der Waals surface area contributed by atoms with Gasteiger partial charge in [0.2, 0.25) is 0 Å². The summed E-state index contributed by atoms with van der Waals surface area (Å²) in [6.07, 6.45) is -0.515. The molecule has 1 amide bonds. The normalized spacial score (nSPS) is 13.7. The summed E-state index contributed by atoms with van der Waals surface area (Å²) in [5, 5.41) is 2.23. The first kappa shape index (κ1) is 19.3. The fraction of sp³-hybridized carbons (Fsp3) is 0.500. The van der Waals surface area contributed by atoms with Crippen LogP contribution in [-0.2, 0) is 9.47 Å². The zero-order valence-corrected chi connectivity index (χ0v) is 15.5. The van der Waals surface area contributed by atoms with Gasteiger partial charge < -0.3 is 19.5 Å². The van der Waals surface area contributed by atoms with Gasteiger partial charge in [-0.15, -0.1) is 0 Å². The molecule has 0 radical (unpaired) electrons. The number of halogens is 1.